The molecule has 0 fully saturated rings. The van der Waals surface area contributed by atoms with E-state index in [-0.39, 0.29) is 24.4 Å². The van der Waals surface area contributed by atoms with Gasteiger partial charge in [-0.2, -0.15) is 0 Å². The highest BCUT2D eigenvalue weighted by Crippen LogP contribution is 2.25. The number of aromatic nitrogens is 2. The monoisotopic (exact) mass is 416 g/mol. The molecular weight excluding hydrogens is 391 g/mol. The van der Waals surface area contributed by atoms with Gasteiger partial charge < -0.3 is 20.3 Å². The summed E-state index contributed by atoms with van der Waals surface area (Å²) in [5, 5.41) is 13.2. The van der Waals surface area contributed by atoms with Crippen LogP contribution in [-0.2, 0) is 6.61 Å². The lowest BCUT2D eigenvalue weighted by atomic mass is 10.1. The molecule has 0 spiro atoms. The molecule has 3 N–H and O–H groups in total. The molecule has 6 nitrogen and oxygen atoms in total. The number of aliphatic hydroxyl groups excluding tert-OH is 1. The predicted octanol–water partition coefficient (Wildman–Crippen LogP) is 3.42. The summed E-state index contributed by atoms with van der Waals surface area (Å²) in [7, 11) is 3.84. The highest BCUT2D eigenvalue weighted by Gasteiger charge is 2.22. The molecule has 0 saturated carbocycles. The second-order valence-corrected chi connectivity index (χ2v) is 8.37. The van der Waals surface area contributed by atoms with Crippen molar-refractivity contribution in [3.63, 3.8) is 0 Å². The average molecular weight is 417 g/mol. The largest absolute Gasteiger partial charge is 0.391 e. The van der Waals surface area contributed by atoms with Crippen LogP contribution in [-0.4, -0.2) is 46.5 Å². The summed E-state index contributed by atoms with van der Waals surface area (Å²) >= 11 is 1.40. The maximum absolute atomic E-state index is 13.9. The Kier molecular flexibility index (Phi) is 6.46. The fourth-order valence-electron chi connectivity index (χ4n) is 2.99. The number of hydrogen-bond donors (Lipinski definition) is 3. The van der Waals surface area contributed by atoms with Crippen LogP contribution in [0.2, 0.25) is 0 Å². The van der Waals surface area contributed by atoms with Crippen LogP contribution in [0, 0.1) is 19.7 Å². The number of halogens is 1. The lowest BCUT2D eigenvalue weighted by Gasteiger charge is -2.20. The Labute approximate surface area is 173 Å². The Morgan fingerprint density at radius 2 is 2.07 bits per heavy atom. The highest BCUT2D eigenvalue weighted by atomic mass is 32.1. The third-order valence-corrected chi connectivity index (χ3v) is 5.87. The van der Waals surface area contributed by atoms with Crippen LogP contribution < -0.4 is 5.32 Å². The molecule has 2 aromatic heterocycles. The maximum Gasteiger partial charge on any atom is 0.268 e. The molecule has 154 valence electrons. The molecule has 0 aliphatic heterocycles. The number of thiazole rings is 1. The van der Waals surface area contributed by atoms with E-state index in [9.17, 15) is 14.3 Å². The number of H-pyrrole nitrogens is 1. The molecule has 1 atom stereocenters. The number of aryl methyl sites for hydroxylation is 2. The smallest absolute Gasteiger partial charge is 0.268 e. The molecule has 0 radical (unpaired) electrons. The standard InChI is InChI=1S/C21H25FN4O2S/c1-12-5-6-14(9-15(12)22)16-7-8-17(24-16)20(28)25-18(10-26(3)4)21-23-13(2)19(11-27)29-21/h5-9,18,24,27H,10-11H2,1-4H3,(H,25,28). The zero-order chi connectivity index (χ0) is 21.1. The van der Waals surface area contributed by atoms with Crippen LogP contribution >= 0.6 is 11.3 Å². The van der Waals surface area contributed by atoms with E-state index in [2.05, 4.69) is 15.3 Å². The fourth-order valence-corrected chi connectivity index (χ4v) is 3.96. The molecule has 1 amide bonds. The molecule has 8 heteroatoms. The number of amides is 1. The summed E-state index contributed by atoms with van der Waals surface area (Å²) in [4.78, 5) is 23.2. The Morgan fingerprint density at radius 1 is 1.31 bits per heavy atom. The Balaban J connectivity index is 1.80. The van der Waals surface area contributed by atoms with Crippen LogP contribution in [0.4, 0.5) is 4.39 Å². The second kappa shape index (κ2) is 8.86. The van der Waals surface area contributed by atoms with E-state index in [1.165, 1.54) is 17.4 Å². The van der Waals surface area contributed by atoms with Gasteiger partial charge in [0.05, 0.1) is 23.2 Å². The third kappa shape index (κ3) is 4.90. The maximum atomic E-state index is 13.9. The van der Waals surface area contributed by atoms with E-state index in [1.54, 1.807) is 25.1 Å². The van der Waals surface area contributed by atoms with Gasteiger partial charge in [0.1, 0.15) is 16.5 Å². The average Bonchev–Trinajstić information content (AvgIpc) is 3.30. The topological polar surface area (TPSA) is 81.2 Å². The van der Waals surface area contributed by atoms with Crippen LogP contribution in [0.15, 0.2) is 30.3 Å². The van der Waals surface area contributed by atoms with Crippen molar-refractivity contribution in [3.8, 4) is 11.3 Å². The van der Waals surface area contributed by atoms with Gasteiger partial charge in [0.25, 0.3) is 5.91 Å². The molecule has 2 heterocycles. The summed E-state index contributed by atoms with van der Waals surface area (Å²) in [5.74, 6) is -0.554. The molecule has 1 aromatic carbocycles. The van der Waals surface area contributed by atoms with E-state index in [4.69, 9.17) is 0 Å². The van der Waals surface area contributed by atoms with Gasteiger partial charge >= 0.3 is 0 Å². The number of benzene rings is 1. The second-order valence-electron chi connectivity index (χ2n) is 7.26. The number of aromatic amines is 1. The van der Waals surface area contributed by atoms with Gasteiger partial charge in [-0.05, 0) is 51.7 Å². The Morgan fingerprint density at radius 3 is 2.69 bits per heavy atom. The van der Waals surface area contributed by atoms with E-state index in [0.29, 0.717) is 29.1 Å². The number of carbonyl (C=O) groups excluding carboxylic acids is 1. The zero-order valence-corrected chi connectivity index (χ0v) is 17.7. The number of hydrogen-bond acceptors (Lipinski definition) is 5. The molecule has 3 aromatic rings. The van der Waals surface area contributed by atoms with Crippen LogP contribution in [0.3, 0.4) is 0 Å². The summed E-state index contributed by atoms with van der Waals surface area (Å²) in [6, 6.07) is 8.10. The quantitative estimate of drug-likeness (QED) is 0.551. The zero-order valence-electron chi connectivity index (χ0n) is 16.9. The summed E-state index contributed by atoms with van der Waals surface area (Å²) in [6.45, 7) is 4.05. The third-order valence-electron chi connectivity index (χ3n) is 4.62. The SMILES string of the molecule is Cc1ccc(-c2ccc(C(=O)NC(CN(C)C)c3nc(C)c(CO)s3)[nH]2)cc1F. The first-order valence-corrected chi connectivity index (χ1v) is 10.1. The predicted molar refractivity (Wildman–Crippen MR) is 112 cm³/mol. The molecule has 0 bridgehead atoms. The minimum Gasteiger partial charge on any atom is -0.391 e. The molecule has 29 heavy (non-hydrogen) atoms. The van der Waals surface area contributed by atoms with Gasteiger partial charge in [0, 0.05) is 17.8 Å². The number of carbonyl (C=O) groups is 1. The van der Waals surface area contributed by atoms with E-state index in [0.717, 1.165) is 15.6 Å². The molecule has 0 aliphatic rings. The first-order chi connectivity index (χ1) is 13.8. The minimum absolute atomic E-state index is 0.0702. The van der Waals surface area contributed by atoms with Gasteiger partial charge in [-0.25, -0.2) is 9.37 Å². The summed E-state index contributed by atoms with van der Waals surface area (Å²) in [5.41, 5.74) is 3.09. The molecule has 1 unspecified atom stereocenters. The van der Waals surface area contributed by atoms with Crippen molar-refractivity contribution in [2.24, 2.45) is 0 Å². The molecule has 0 aliphatic carbocycles. The van der Waals surface area contributed by atoms with Crippen molar-refractivity contribution in [2.45, 2.75) is 26.5 Å². The number of aliphatic hydroxyl groups is 1. The number of nitrogens with zero attached hydrogens (tertiary/aromatic N) is 2. The van der Waals surface area contributed by atoms with Gasteiger partial charge in [0.2, 0.25) is 0 Å². The fraction of sp³-hybridized carbons (Fsp3) is 0.333. The molecule has 0 saturated heterocycles. The van der Waals surface area contributed by atoms with Crippen molar-refractivity contribution in [1.29, 1.82) is 0 Å². The number of likely N-dealkylation sites (N-methyl/N-ethyl adjacent to an activating group) is 1. The molecule has 3 rings (SSSR count). The van der Waals surface area contributed by atoms with E-state index >= 15 is 0 Å². The van der Waals surface area contributed by atoms with Crippen LogP contribution in [0.25, 0.3) is 11.3 Å². The van der Waals surface area contributed by atoms with Gasteiger partial charge in [-0.15, -0.1) is 11.3 Å². The number of nitrogens with one attached hydrogen (secondary N) is 2. The number of rotatable bonds is 7. The minimum atomic E-state index is -0.315. The van der Waals surface area contributed by atoms with E-state index in [1.807, 2.05) is 32.0 Å². The van der Waals surface area contributed by atoms with Gasteiger partial charge in [0.15, 0.2) is 0 Å². The first-order valence-electron chi connectivity index (χ1n) is 9.26. The van der Waals surface area contributed by atoms with Crippen LogP contribution in [0.1, 0.15) is 37.7 Å². The van der Waals surface area contributed by atoms with Crippen molar-refractivity contribution in [1.82, 2.24) is 20.2 Å². The van der Waals surface area contributed by atoms with Crippen molar-refractivity contribution in [3.05, 3.63) is 63.0 Å². The summed E-state index contributed by atoms with van der Waals surface area (Å²) < 4.78 is 13.9. The van der Waals surface area contributed by atoms with Crippen molar-refractivity contribution >= 4 is 17.2 Å². The van der Waals surface area contributed by atoms with Crippen molar-refractivity contribution in [2.75, 3.05) is 20.6 Å². The Bertz CT molecular complexity index is 1010. The van der Waals surface area contributed by atoms with Gasteiger partial charge in [-0.1, -0.05) is 12.1 Å². The normalized spacial score (nSPS) is 12.4. The van der Waals surface area contributed by atoms with Crippen molar-refractivity contribution < 1.29 is 14.3 Å². The van der Waals surface area contributed by atoms with E-state index < -0.39 is 0 Å². The Hall–Kier alpha value is -2.55. The lowest BCUT2D eigenvalue weighted by molar-refractivity contribution is 0.0925. The van der Waals surface area contributed by atoms with Gasteiger partial charge in [-0.3, -0.25) is 4.79 Å². The van der Waals surface area contributed by atoms with Crippen LogP contribution in [0.5, 0.6) is 0 Å². The lowest BCUT2D eigenvalue weighted by Crippen LogP contribution is -2.35. The highest BCUT2D eigenvalue weighted by molar-refractivity contribution is 7.11. The first kappa shape index (κ1) is 21.2. The summed E-state index contributed by atoms with van der Waals surface area (Å²) in [6.07, 6.45) is 0. The molecular formula is C21H25FN4O2S.